The van der Waals surface area contributed by atoms with Crippen molar-refractivity contribution in [1.82, 2.24) is 16.0 Å². The first-order valence-electron chi connectivity index (χ1n) is 11.9. The fraction of sp³-hybridized carbons (Fsp3) is 0.542. The van der Waals surface area contributed by atoms with Gasteiger partial charge >= 0.3 is 5.97 Å². The van der Waals surface area contributed by atoms with Gasteiger partial charge in [-0.2, -0.15) is 0 Å². The highest BCUT2D eigenvalue weighted by Gasteiger charge is 2.29. The van der Waals surface area contributed by atoms with E-state index >= 15 is 0 Å². The van der Waals surface area contributed by atoms with E-state index in [2.05, 4.69) is 20.9 Å². The molecular weight excluding hydrogens is 466 g/mol. The number of nitrogens with two attached hydrogens (primary N) is 3. The highest BCUT2D eigenvalue weighted by molar-refractivity contribution is 5.94. The van der Waals surface area contributed by atoms with E-state index in [1.54, 1.807) is 0 Å². The van der Waals surface area contributed by atoms with Crippen molar-refractivity contribution in [2.75, 3.05) is 6.54 Å². The highest BCUT2D eigenvalue weighted by Crippen LogP contribution is 2.08. The fourth-order valence-corrected chi connectivity index (χ4v) is 3.36. The average Bonchev–Trinajstić information content (AvgIpc) is 2.80. The molecule has 0 aliphatic carbocycles. The second-order valence-corrected chi connectivity index (χ2v) is 9.07. The van der Waals surface area contributed by atoms with Gasteiger partial charge in [-0.05, 0) is 44.1 Å². The van der Waals surface area contributed by atoms with Crippen molar-refractivity contribution in [2.45, 2.75) is 70.6 Å². The molecule has 0 radical (unpaired) electrons. The van der Waals surface area contributed by atoms with Crippen LogP contribution >= 0.6 is 0 Å². The van der Waals surface area contributed by atoms with Crippen LogP contribution in [0.2, 0.25) is 0 Å². The molecular formula is C24H39N7O5. The van der Waals surface area contributed by atoms with E-state index in [1.807, 2.05) is 44.2 Å². The molecule has 0 saturated carbocycles. The summed E-state index contributed by atoms with van der Waals surface area (Å²) in [6.45, 7) is 5.30. The maximum Gasteiger partial charge on any atom is 0.325 e. The molecule has 10 N–H and O–H groups in total. The van der Waals surface area contributed by atoms with Gasteiger partial charge in [-0.25, -0.2) is 0 Å². The predicted octanol–water partition coefficient (Wildman–Crippen LogP) is -0.785. The van der Waals surface area contributed by atoms with Gasteiger partial charge in [-0.15, -0.1) is 0 Å². The normalized spacial score (nSPS) is 14.1. The van der Waals surface area contributed by atoms with Crippen molar-refractivity contribution in [3.05, 3.63) is 35.9 Å². The quantitative estimate of drug-likeness (QED) is 0.0908. The first kappa shape index (κ1) is 30.4. The molecule has 0 spiro atoms. The summed E-state index contributed by atoms with van der Waals surface area (Å²) in [5, 5.41) is 16.8. The van der Waals surface area contributed by atoms with Crippen molar-refractivity contribution in [2.24, 2.45) is 28.1 Å². The number of rotatable bonds is 15. The lowest BCUT2D eigenvalue weighted by atomic mass is 10.0. The Bertz CT molecular complexity index is 903. The molecule has 36 heavy (non-hydrogen) atoms. The number of carbonyl (C=O) groups is 4. The number of nitrogens with one attached hydrogen (secondary N) is 3. The van der Waals surface area contributed by atoms with Gasteiger partial charge < -0.3 is 38.3 Å². The summed E-state index contributed by atoms with van der Waals surface area (Å²) < 4.78 is 0. The second kappa shape index (κ2) is 15.4. The number of hydrogen-bond acceptors (Lipinski definition) is 6. The first-order valence-corrected chi connectivity index (χ1v) is 11.9. The van der Waals surface area contributed by atoms with Crippen molar-refractivity contribution < 1.29 is 24.3 Å². The second-order valence-electron chi connectivity index (χ2n) is 9.07. The molecule has 0 aliphatic rings. The number of nitrogens with zero attached hydrogens (tertiary/aromatic N) is 1. The van der Waals surface area contributed by atoms with Crippen molar-refractivity contribution >= 4 is 29.7 Å². The minimum Gasteiger partial charge on any atom is -0.480 e. The topological polar surface area (TPSA) is 215 Å². The Morgan fingerprint density at radius 1 is 0.917 bits per heavy atom. The SMILES string of the molecule is CC(C)CC(NC(=O)C(CCCN=C(N)N)NC(=O)C(N)Cc1ccccc1)C(=O)NC(C)C(=O)O. The molecule has 3 amide bonds. The Balaban J connectivity index is 2.96. The first-order chi connectivity index (χ1) is 16.9. The number of hydrogen-bond donors (Lipinski definition) is 7. The van der Waals surface area contributed by atoms with Crippen LogP contribution in [0.3, 0.4) is 0 Å². The van der Waals surface area contributed by atoms with Crippen molar-refractivity contribution in [1.29, 1.82) is 0 Å². The van der Waals surface area contributed by atoms with Gasteiger partial charge in [-0.1, -0.05) is 44.2 Å². The van der Waals surface area contributed by atoms with Crippen molar-refractivity contribution in [3.63, 3.8) is 0 Å². The van der Waals surface area contributed by atoms with Crippen molar-refractivity contribution in [3.8, 4) is 0 Å². The van der Waals surface area contributed by atoms with Crippen LogP contribution in [0.4, 0.5) is 0 Å². The van der Waals surface area contributed by atoms with E-state index in [0.29, 0.717) is 6.42 Å². The van der Waals surface area contributed by atoms with Gasteiger partial charge in [0.15, 0.2) is 5.96 Å². The molecule has 12 heteroatoms. The van der Waals surface area contributed by atoms with Crippen LogP contribution in [0.1, 0.15) is 45.6 Å². The predicted molar refractivity (Wildman–Crippen MR) is 137 cm³/mol. The third-order valence-corrected chi connectivity index (χ3v) is 5.28. The maximum absolute atomic E-state index is 13.2. The third kappa shape index (κ3) is 11.6. The lowest BCUT2D eigenvalue weighted by molar-refractivity contribution is -0.142. The van der Waals surface area contributed by atoms with Crippen LogP contribution in [0.15, 0.2) is 35.3 Å². The fourth-order valence-electron chi connectivity index (χ4n) is 3.36. The Morgan fingerprint density at radius 3 is 2.06 bits per heavy atom. The Kier molecular flexibility index (Phi) is 12.9. The molecule has 0 saturated heterocycles. The number of carboxylic acids is 1. The zero-order valence-corrected chi connectivity index (χ0v) is 21.1. The van der Waals surface area contributed by atoms with E-state index in [4.69, 9.17) is 22.3 Å². The lowest BCUT2D eigenvalue weighted by Crippen LogP contribution is -2.57. The summed E-state index contributed by atoms with van der Waals surface area (Å²) in [6.07, 6.45) is 1.11. The third-order valence-electron chi connectivity index (χ3n) is 5.28. The van der Waals surface area contributed by atoms with E-state index in [9.17, 15) is 19.2 Å². The monoisotopic (exact) mass is 505 g/mol. The van der Waals surface area contributed by atoms with Gasteiger partial charge in [0.05, 0.1) is 6.04 Å². The summed E-state index contributed by atoms with van der Waals surface area (Å²) in [4.78, 5) is 53.6. The summed E-state index contributed by atoms with van der Waals surface area (Å²) in [5.41, 5.74) is 17.6. The number of carbonyl (C=O) groups excluding carboxylic acids is 3. The molecule has 0 heterocycles. The van der Waals surface area contributed by atoms with E-state index in [1.165, 1.54) is 6.92 Å². The Labute approximate surface area is 211 Å². The number of carboxylic acid groups (broad SMARTS) is 1. The van der Waals surface area contributed by atoms with E-state index in [0.717, 1.165) is 5.56 Å². The zero-order valence-electron chi connectivity index (χ0n) is 21.1. The summed E-state index contributed by atoms with van der Waals surface area (Å²) >= 11 is 0. The van der Waals surface area contributed by atoms with E-state index in [-0.39, 0.29) is 37.7 Å². The van der Waals surface area contributed by atoms with Crippen LogP contribution in [0.25, 0.3) is 0 Å². The zero-order chi connectivity index (χ0) is 27.3. The minimum atomic E-state index is -1.20. The smallest absolute Gasteiger partial charge is 0.325 e. The Hall–Kier alpha value is -3.67. The van der Waals surface area contributed by atoms with Gasteiger partial charge in [0.2, 0.25) is 17.7 Å². The van der Waals surface area contributed by atoms with Crippen LogP contribution in [0, 0.1) is 5.92 Å². The standard InChI is InChI=1S/C24H39N7O5/c1-14(2)12-19(22(34)29-15(3)23(35)36)31-21(33)18(10-7-11-28-24(26)27)30-20(32)17(25)13-16-8-5-4-6-9-16/h4-6,8-9,14-15,17-19H,7,10-13,25H2,1-3H3,(H,29,34)(H,30,32)(H,31,33)(H,35,36)(H4,26,27,28). The highest BCUT2D eigenvalue weighted by atomic mass is 16.4. The molecule has 4 unspecified atom stereocenters. The number of aliphatic carboxylic acids is 1. The number of guanidine groups is 1. The number of aliphatic imine (C=N–C) groups is 1. The summed E-state index contributed by atoms with van der Waals surface area (Å²) in [6, 6.07) is 5.20. The summed E-state index contributed by atoms with van der Waals surface area (Å²) in [5.74, 6) is -3.01. The molecule has 4 atom stereocenters. The molecule has 12 nitrogen and oxygen atoms in total. The molecule has 0 aromatic heterocycles. The molecule has 0 bridgehead atoms. The number of amides is 3. The molecule has 1 rings (SSSR count). The maximum atomic E-state index is 13.2. The molecule has 1 aromatic rings. The van der Waals surface area contributed by atoms with Crippen LogP contribution in [0.5, 0.6) is 0 Å². The molecule has 1 aromatic carbocycles. The van der Waals surface area contributed by atoms with Gasteiger partial charge in [0.1, 0.15) is 18.1 Å². The molecule has 0 aliphatic heterocycles. The van der Waals surface area contributed by atoms with Gasteiger partial charge in [0, 0.05) is 6.54 Å². The van der Waals surface area contributed by atoms with Crippen LogP contribution in [-0.2, 0) is 25.6 Å². The number of benzene rings is 1. The molecule has 0 fully saturated rings. The van der Waals surface area contributed by atoms with Gasteiger partial charge in [-0.3, -0.25) is 24.2 Å². The Morgan fingerprint density at radius 2 is 1.50 bits per heavy atom. The average molecular weight is 506 g/mol. The van der Waals surface area contributed by atoms with Crippen LogP contribution < -0.4 is 33.2 Å². The van der Waals surface area contributed by atoms with Gasteiger partial charge in [0.25, 0.3) is 0 Å². The lowest BCUT2D eigenvalue weighted by Gasteiger charge is -2.25. The van der Waals surface area contributed by atoms with E-state index < -0.39 is 47.9 Å². The van der Waals surface area contributed by atoms with Crippen LogP contribution in [-0.4, -0.2) is 65.5 Å². The minimum absolute atomic E-state index is 0.0235. The largest absolute Gasteiger partial charge is 0.480 e. The molecule has 200 valence electrons. The summed E-state index contributed by atoms with van der Waals surface area (Å²) in [7, 11) is 0.